The first kappa shape index (κ1) is 12.4. The van der Waals surface area contributed by atoms with Gasteiger partial charge in [0.25, 0.3) is 0 Å². The molecule has 3 aromatic rings. The summed E-state index contributed by atoms with van der Waals surface area (Å²) in [6.07, 6.45) is 2.09. The minimum atomic E-state index is -0.263. The Hall–Kier alpha value is -2.62. The second-order valence-electron chi connectivity index (χ2n) is 4.48. The highest BCUT2D eigenvalue weighted by Crippen LogP contribution is 2.26. The molecule has 0 saturated carbocycles. The van der Waals surface area contributed by atoms with E-state index in [4.69, 9.17) is 4.74 Å². The predicted molar refractivity (Wildman–Crippen MR) is 76.3 cm³/mol. The van der Waals surface area contributed by atoms with Crippen molar-refractivity contribution < 1.29 is 9.53 Å². The zero-order valence-corrected chi connectivity index (χ0v) is 11.1. The normalized spacial score (nSPS) is 10.7. The summed E-state index contributed by atoms with van der Waals surface area (Å²) in [5.74, 6) is -0.263. The van der Waals surface area contributed by atoms with Crippen molar-refractivity contribution in [3.8, 4) is 11.3 Å². The Morgan fingerprint density at radius 1 is 1.15 bits per heavy atom. The fourth-order valence-corrected chi connectivity index (χ4v) is 2.27. The second-order valence-corrected chi connectivity index (χ2v) is 4.48. The molecule has 0 radical (unpaired) electrons. The van der Waals surface area contributed by atoms with Gasteiger partial charge < -0.3 is 4.74 Å². The van der Waals surface area contributed by atoms with Gasteiger partial charge in [0, 0.05) is 17.3 Å². The van der Waals surface area contributed by atoms with Crippen molar-refractivity contribution in [2.24, 2.45) is 0 Å². The first-order valence-electron chi connectivity index (χ1n) is 6.38. The number of fused-ring (bicyclic) bond motifs is 1. The summed E-state index contributed by atoms with van der Waals surface area (Å²) in [5.41, 5.74) is 3.64. The van der Waals surface area contributed by atoms with Gasteiger partial charge in [-0.2, -0.15) is 5.10 Å². The van der Waals surface area contributed by atoms with E-state index in [0.29, 0.717) is 0 Å². The highest BCUT2D eigenvalue weighted by Gasteiger charge is 2.17. The van der Waals surface area contributed by atoms with Gasteiger partial charge in [-0.25, -0.2) is 4.52 Å². The summed E-state index contributed by atoms with van der Waals surface area (Å²) in [4.78, 5) is 11.6. The Balaban J connectivity index is 2.20. The minimum absolute atomic E-state index is 0.217. The van der Waals surface area contributed by atoms with E-state index >= 15 is 0 Å². The largest absolute Gasteiger partial charge is 0.469 e. The smallest absolute Gasteiger partial charge is 0.310 e. The van der Waals surface area contributed by atoms with Crippen LogP contribution in [0.2, 0.25) is 0 Å². The van der Waals surface area contributed by atoms with E-state index in [1.165, 1.54) is 7.11 Å². The molecule has 0 aliphatic heterocycles. The number of aromatic nitrogens is 2. The van der Waals surface area contributed by atoms with E-state index in [0.717, 1.165) is 22.3 Å². The van der Waals surface area contributed by atoms with Crippen molar-refractivity contribution in [1.82, 2.24) is 9.61 Å². The van der Waals surface area contributed by atoms with Crippen LogP contribution in [0.3, 0.4) is 0 Å². The predicted octanol–water partition coefficient (Wildman–Crippen LogP) is 2.72. The molecule has 0 spiro atoms. The Morgan fingerprint density at radius 2 is 1.90 bits per heavy atom. The SMILES string of the molecule is COC(=O)Cc1c(-c2ccccc2)nn2ccccc12. The maximum absolute atomic E-state index is 11.6. The van der Waals surface area contributed by atoms with Crippen LogP contribution < -0.4 is 0 Å². The number of pyridine rings is 1. The number of hydrogen-bond acceptors (Lipinski definition) is 3. The van der Waals surface area contributed by atoms with Gasteiger partial charge >= 0.3 is 5.97 Å². The van der Waals surface area contributed by atoms with Gasteiger partial charge in [0.05, 0.1) is 24.7 Å². The lowest BCUT2D eigenvalue weighted by Crippen LogP contribution is -2.05. The molecular formula is C16H14N2O2. The lowest BCUT2D eigenvalue weighted by atomic mass is 10.0. The lowest BCUT2D eigenvalue weighted by Gasteiger charge is -2.02. The molecule has 4 nitrogen and oxygen atoms in total. The third-order valence-electron chi connectivity index (χ3n) is 3.24. The van der Waals surface area contributed by atoms with E-state index in [1.807, 2.05) is 54.7 Å². The van der Waals surface area contributed by atoms with Crippen molar-refractivity contribution in [2.45, 2.75) is 6.42 Å². The molecule has 0 unspecified atom stereocenters. The molecule has 2 aromatic heterocycles. The van der Waals surface area contributed by atoms with Crippen LogP contribution in [-0.2, 0) is 16.0 Å². The van der Waals surface area contributed by atoms with Crippen molar-refractivity contribution in [2.75, 3.05) is 7.11 Å². The highest BCUT2D eigenvalue weighted by atomic mass is 16.5. The van der Waals surface area contributed by atoms with Gasteiger partial charge in [-0.05, 0) is 12.1 Å². The Bertz CT molecular complexity index is 748. The summed E-state index contributed by atoms with van der Waals surface area (Å²) in [7, 11) is 1.40. The number of carbonyl (C=O) groups excluding carboxylic acids is 1. The van der Waals surface area contributed by atoms with Crippen LogP contribution in [0.1, 0.15) is 5.56 Å². The molecule has 100 valence electrons. The molecule has 0 N–H and O–H groups in total. The van der Waals surface area contributed by atoms with Crippen molar-refractivity contribution >= 4 is 11.5 Å². The molecule has 0 aliphatic rings. The zero-order chi connectivity index (χ0) is 13.9. The Morgan fingerprint density at radius 3 is 2.65 bits per heavy atom. The molecule has 0 atom stereocenters. The number of carbonyl (C=O) groups is 1. The van der Waals surface area contributed by atoms with Gasteiger partial charge in [0.1, 0.15) is 0 Å². The van der Waals surface area contributed by atoms with E-state index in [9.17, 15) is 4.79 Å². The molecule has 0 amide bonds. The molecule has 0 aliphatic carbocycles. The molecule has 0 saturated heterocycles. The highest BCUT2D eigenvalue weighted by molar-refractivity contribution is 5.82. The van der Waals surface area contributed by atoms with Crippen LogP contribution in [0, 0.1) is 0 Å². The molecule has 0 fully saturated rings. The third kappa shape index (κ3) is 2.16. The Labute approximate surface area is 116 Å². The molecular weight excluding hydrogens is 252 g/mol. The molecule has 4 heteroatoms. The standard InChI is InChI=1S/C16H14N2O2/c1-20-15(19)11-13-14-9-5-6-10-18(14)17-16(13)12-7-3-2-4-8-12/h2-10H,11H2,1H3. The monoisotopic (exact) mass is 266 g/mol. The average Bonchev–Trinajstić information content (AvgIpc) is 2.87. The number of hydrogen-bond donors (Lipinski definition) is 0. The maximum atomic E-state index is 11.6. The quantitative estimate of drug-likeness (QED) is 0.685. The van der Waals surface area contributed by atoms with Crippen LogP contribution in [0.4, 0.5) is 0 Å². The van der Waals surface area contributed by atoms with Gasteiger partial charge in [-0.3, -0.25) is 4.79 Å². The fraction of sp³-hybridized carbons (Fsp3) is 0.125. The molecule has 20 heavy (non-hydrogen) atoms. The van der Waals surface area contributed by atoms with Crippen LogP contribution in [0.5, 0.6) is 0 Å². The van der Waals surface area contributed by atoms with Gasteiger partial charge in [-0.15, -0.1) is 0 Å². The van der Waals surface area contributed by atoms with Crippen molar-refractivity contribution in [1.29, 1.82) is 0 Å². The van der Waals surface area contributed by atoms with Gasteiger partial charge in [0.2, 0.25) is 0 Å². The summed E-state index contributed by atoms with van der Waals surface area (Å²) in [6.45, 7) is 0. The second kappa shape index (κ2) is 5.17. The maximum Gasteiger partial charge on any atom is 0.310 e. The molecule has 2 heterocycles. The first-order chi connectivity index (χ1) is 9.79. The van der Waals surface area contributed by atoms with E-state index < -0.39 is 0 Å². The van der Waals surface area contributed by atoms with Crippen LogP contribution in [-0.4, -0.2) is 22.7 Å². The minimum Gasteiger partial charge on any atom is -0.469 e. The number of benzene rings is 1. The number of ether oxygens (including phenoxy) is 1. The third-order valence-corrected chi connectivity index (χ3v) is 3.24. The van der Waals surface area contributed by atoms with Crippen LogP contribution >= 0.6 is 0 Å². The average molecular weight is 266 g/mol. The fourth-order valence-electron chi connectivity index (χ4n) is 2.27. The van der Waals surface area contributed by atoms with Crippen LogP contribution in [0.25, 0.3) is 16.8 Å². The van der Waals surface area contributed by atoms with E-state index in [1.54, 1.807) is 4.52 Å². The number of nitrogens with zero attached hydrogens (tertiary/aromatic N) is 2. The summed E-state index contributed by atoms with van der Waals surface area (Å²) in [6, 6.07) is 15.7. The molecule has 3 rings (SSSR count). The number of methoxy groups -OCH3 is 1. The zero-order valence-electron chi connectivity index (χ0n) is 11.1. The topological polar surface area (TPSA) is 43.6 Å². The first-order valence-corrected chi connectivity index (χ1v) is 6.38. The van der Waals surface area contributed by atoms with E-state index in [2.05, 4.69) is 5.10 Å². The molecule has 0 bridgehead atoms. The van der Waals surface area contributed by atoms with Gasteiger partial charge in [0.15, 0.2) is 0 Å². The van der Waals surface area contributed by atoms with Crippen LogP contribution in [0.15, 0.2) is 54.7 Å². The number of rotatable bonds is 3. The lowest BCUT2D eigenvalue weighted by molar-refractivity contribution is -0.139. The van der Waals surface area contributed by atoms with E-state index in [-0.39, 0.29) is 12.4 Å². The summed E-state index contributed by atoms with van der Waals surface area (Å²) in [5, 5.41) is 4.58. The summed E-state index contributed by atoms with van der Waals surface area (Å²) >= 11 is 0. The Kier molecular flexibility index (Phi) is 3.21. The van der Waals surface area contributed by atoms with Gasteiger partial charge in [-0.1, -0.05) is 36.4 Å². The van der Waals surface area contributed by atoms with Crippen molar-refractivity contribution in [3.05, 3.63) is 60.3 Å². The summed E-state index contributed by atoms with van der Waals surface area (Å²) < 4.78 is 6.58. The number of esters is 1. The molecule has 1 aromatic carbocycles. The van der Waals surface area contributed by atoms with Crippen molar-refractivity contribution in [3.63, 3.8) is 0 Å².